The highest BCUT2D eigenvalue weighted by Gasteiger charge is 2.60. The Kier molecular flexibility index (Phi) is 6.60. The average Bonchev–Trinajstić information content (AvgIpc) is 3.07. The number of hydrogen-bond acceptors (Lipinski definition) is 1. The van der Waals surface area contributed by atoms with E-state index in [2.05, 4.69) is 26.1 Å². The highest BCUT2D eigenvalue weighted by Crippen LogP contribution is 2.68. The third kappa shape index (κ3) is 3.90. The van der Waals surface area contributed by atoms with Crippen LogP contribution in [0.5, 0.6) is 0 Å². The van der Waals surface area contributed by atoms with Gasteiger partial charge in [0, 0.05) is 18.8 Å². The van der Waals surface area contributed by atoms with E-state index in [0.29, 0.717) is 35.6 Å². The highest BCUT2D eigenvalue weighted by molar-refractivity contribution is 6.18. The molecule has 0 saturated heterocycles. The third-order valence-corrected chi connectivity index (χ3v) is 10.8. The number of nitrogens with one attached hydrogen (secondary N) is 1. The first-order valence-electron chi connectivity index (χ1n) is 12.7. The van der Waals surface area contributed by atoms with Crippen molar-refractivity contribution in [2.45, 2.75) is 97.8 Å². The first-order chi connectivity index (χ1) is 13.9. The summed E-state index contributed by atoms with van der Waals surface area (Å²) in [6, 6.07) is 0. The van der Waals surface area contributed by atoms with Gasteiger partial charge in [0.25, 0.3) is 0 Å². The SMILES string of the molecule is CC(CCC(=O)NCCCl)C1CCC2C3CCC4CCCCC4(C)C3CCC12C. The van der Waals surface area contributed by atoms with Crippen LogP contribution in [-0.4, -0.2) is 18.3 Å². The molecule has 0 aromatic heterocycles. The summed E-state index contributed by atoms with van der Waals surface area (Å²) in [5, 5.41) is 2.94. The normalized spacial score (nSPS) is 45.0. The van der Waals surface area contributed by atoms with E-state index in [1.807, 2.05) is 0 Å². The van der Waals surface area contributed by atoms with Crippen molar-refractivity contribution in [3.63, 3.8) is 0 Å². The molecule has 4 rings (SSSR count). The average molecular weight is 422 g/mol. The summed E-state index contributed by atoms with van der Waals surface area (Å²) in [5.41, 5.74) is 1.16. The summed E-state index contributed by atoms with van der Waals surface area (Å²) < 4.78 is 0. The fraction of sp³-hybridized carbons (Fsp3) is 0.962. The van der Waals surface area contributed by atoms with E-state index in [9.17, 15) is 4.79 Å². The number of halogens is 1. The zero-order chi connectivity index (χ0) is 20.6. The van der Waals surface area contributed by atoms with Gasteiger partial charge in [-0.2, -0.15) is 0 Å². The molecule has 8 unspecified atom stereocenters. The minimum absolute atomic E-state index is 0.185. The van der Waals surface area contributed by atoms with Gasteiger partial charge in [-0.25, -0.2) is 0 Å². The Balaban J connectivity index is 1.42. The van der Waals surface area contributed by atoms with Crippen LogP contribution in [0.15, 0.2) is 0 Å². The molecular weight excluding hydrogens is 378 g/mol. The predicted molar refractivity (Wildman–Crippen MR) is 122 cm³/mol. The van der Waals surface area contributed by atoms with Crippen molar-refractivity contribution in [1.82, 2.24) is 5.32 Å². The highest BCUT2D eigenvalue weighted by atomic mass is 35.5. The van der Waals surface area contributed by atoms with Crippen molar-refractivity contribution in [3.05, 3.63) is 0 Å². The van der Waals surface area contributed by atoms with E-state index in [-0.39, 0.29) is 5.91 Å². The van der Waals surface area contributed by atoms with Crippen LogP contribution >= 0.6 is 11.6 Å². The second kappa shape index (κ2) is 8.71. The standard InChI is InChI=1S/C26H44ClNO/c1-18(7-12-24(29)28-17-16-27)21-10-11-22-20-9-8-19-6-4-5-14-25(19,2)23(20)13-15-26(21,22)3/h18-23H,4-17H2,1-3H3,(H,28,29). The summed E-state index contributed by atoms with van der Waals surface area (Å²) in [7, 11) is 0. The molecule has 0 spiro atoms. The first-order valence-corrected chi connectivity index (χ1v) is 13.3. The molecule has 3 heteroatoms. The minimum Gasteiger partial charge on any atom is -0.355 e. The maximum Gasteiger partial charge on any atom is 0.220 e. The fourth-order valence-electron chi connectivity index (χ4n) is 9.11. The lowest BCUT2D eigenvalue weighted by molar-refractivity contribution is -0.122. The third-order valence-electron chi connectivity index (χ3n) is 10.6. The monoisotopic (exact) mass is 421 g/mol. The summed E-state index contributed by atoms with van der Waals surface area (Å²) in [6.07, 6.45) is 16.4. The fourth-order valence-corrected chi connectivity index (χ4v) is 9.20. The molecule has 166 valence electrons. The van der Waals surface area contributed by atoms with Crippen LogP contribution < -0.4 is 5.32 Å². The van der Waals surface area contributed by atoms with Crippen molar-refractivity contribution in [1.29, 1.82) is 0 Å². The lowest BCUT2D eigenvalue weighted by atomic mass is 9.44. The Morgan fingerprint density at radius 3 is 2.59 bits per heavy atom. The Labute approximate surface area is 184 Å². The van der Waals surface area contributed by atoms with Crippen molar-refractivity contribution < 1.29 is 4.79 Å². The van der Waals surface area contributed by atoms with Gasteiger partial charge in [0.05, 0.1) is 0 Å². The number of carbonyl (C=O) groups is 1. The molecular formula is C26H44ClNO. The van der Waals surface area contributed by atoms with Gasteiger partial charge in [-0.05, 0) is 104 Å². The van der Waals surface area contributed by atoms with Gasteiger partial charge >= 0.3 is 0 Å². The molecule has 1 amide bonds. The van der Waals surface area contributed by atoms with E-state index in [1.165, 1.54) is 64.2 Å². The van der Waals surface area contributed by atoms with Crippen LogP contribution in [0.3, 0.4) is 0 Å². The van der Waals surface area contributed by atoms with E-state index in [4.69, 9.17) is 11.6 Å². The number of alkyl halides is 1. The molecule has 8 atom stereocenters. The van der Waals surface area contributed by atoms with E-state index in [0.717, 1.165) is 36.0 Å². The van der Waals surface area contributed by atoms with Gasteiger partial charge in [-0.1, -0.05) is 33.6 Å². The van der Waals surface area contributed by atoms with Gasteiger partial charge in [0.15, 0.2) is 0 Å². The molecule has 0 bridgehead atoms. The van der Waals surface area contributed by atoms with Gasteiger partial charge in [0.1, 0.15) is 0 Å². The second-order valence-corrected chi connectivity index (χ2v) is 12.1. The van der Waals surface area contributed by atoms with E-state index in [1.54, 1.807) is 0 Å². The number of fused-ring (bicyclic) bond motifs is 5. The van der Waals surface area contributed by atoms with Crippen LogP contribution in [0.25, 0.3) is 0 Å². The Morgan fingerprint density at radius 2 is 1.79 bits per heavy atom. The molecule has 0 aliphatic heterocycles. The maximum atomic E-state index is 12.1. The molecule has 0 heterocycles. The first kappa shape index (κ1) is 22.0. The largest absolute Gasteiger partial charge is 0.355 e. The molecule has 4 fully saturated rings. The van der Waals surface area contributed by atoms with Gasteiger partial charge in [-0.3, -0.25) is 4.79 Å². The minimum atomic E-state index is 0.185. The van der Waals surface area contributed by atoms with Crippen molar-refractivity contribution >= 4 is 17.5 Å². The van der Waals surface area contributed by atoms with Crippen LogP contribution in [0.2, 0.25) is 0 Å². The quantitative estimate of drug-likeness (QED) is 0.469. The van der Waals surface area contributed by atoms with E-state index >= 15 is 0 Å². The van der Waals surface area contributed by atoms with Crippen molar-refractivity contribution in [2.75, 3.05) is 12.4 Å². The van der Waals surface area contributed by atoms with E-state index < -0.39 is 0 Å². The summed E-state index contributed by atoms with van der Waals surface area (Å²) >= 11 is 5.70. The number of amides is 1. The number of hydrogen-bond donors (Lipinski definition) is 1. The molecule has 0 aromatic rings. The van der Waals surface area contributed by atoms with Crippen LogP contribution in [-0.2, 0) is 4.79 Å². The molecule has 29 heavy (non-hydrogen) atoms. The molecule has 2 nitrogen and oxygen atoms in total. The summed E-state index contributed by atoms with van der Waals surface area (Å²) in [4.78, 5) is 12.1. The summed E-state index contributed by atoms with van der Waals surface area (Å²) in [5.74, 6) is 6.10. The Bertz CT molecular complexity index is 593. The Hall–Kier alpha value is -0.240. The van der Waals surface area contributed by atoms with Gasteiger partial charge in [-0.15, -0.1) is 11.6 Å². The summed E-state index contributed by atoms with van der Waals surface area (Å²) in [6.45, 7) is 8.36. The van der Waals surface area contributed by atoms with Crippen LogP contribution in [0.4, 0.5) is 0 Å². The van der Waals surface area contributed by atoms with Crippen LogP contribution in [0.1, 0.15) is 97.8 Å². The lowest BCUT2D eigenvalue weighted by Gasteiger charge is -2.61. The Morgan fingerprint density at radius 1 is 1.00 bits per heavy atom. The van der Waals surface area contributed by atoms with Crippen molar-refractivity contribution in [3.8, 4) is 0 Å². The number of rotatable bonds is 6. The maximum absolute atomic E-state index is 12.1. The molecule has 4 aliphatic carbocycles. The van der Waals surface area contributed by atoms with Crippen LogP contribution in [0, 0.1) is 46.3 Å². The molecule has 1 N–H and O–H groups in total. The molecule has 0 radical (unpaired) electrons. The zero-order valence-electron chi connectivity index (χ0n) is 19.1. The van der Waals surface area contributed by atoms with Crippen molar-refractivity contribution in [2.24, 2.45) is 46.3 Å². The predicted octanol–water partition coefficient (Wildman–Crippen LogP) is 6.81. The number of carbonyl (C=O) groups excluding carboxylic acids is 1. The lowest BCUT2D eigenvalue weighted by Crippen LogP contribution is -2.53. The van der Waals surface area contributed by atoms with Gasteiger partial charge in [0.2, 0.25) is 5.91 Å². The smallest absolute Gasteiger partial charge is 0.220 e. The van der Waals surface area contributed by atoms with Gasteiger partial charge < -0.3 is 5.32 Å². The topological polar surface area (TPSA) is 29.1 Å². The molecule has 0 aromatic carbocycles. The second-order valence-electron chi connectivity index (χ2n) is 11.7. The molecule has 4 aliphatic rings. The zero-order valence-corrected chi connectivity index (χ0v) is 19.9. The molecule has 4 saturated carbocycles.